The van der Waals surface area contributed by atoms with Gasteiger partial charge in [0.15, 0.2) is 0 Å². The van der Waals surface area contributed by atoms with Gasteiger partial charge in [-0.15, -0.1) is 11.3 Å². The molecule has 5 rings (SSSR count). The van der Waals surface area contributed by atoms with Gasteiger partial charge in [-0.2, -0.15) is 4.99 Å². The summed E-state index contributed by atoms with van der Waals surface area (Å²) < 4.78 is 0. The molecule has 1 aliphatic rings. The molecule has 0 aliphatic carbocycles. The molecule has 1 unspecified atom stereocenters. The van der Waals surface area contributed by atoms with Crippen LogP contribution in [0.5, 0.6) is 0 Å². The molecule has 0 saturated carbocycles. The highest BCUT2D eigenvalue weighted by Crippen LogP contribution is 2.32. The number of urea groups is 1. The van der Waals surface area contributed by atoms with Crippen LogP contribution in [0.15, 0.2) is 100 Å². The number of thiophene rings is 1. The molecule has 3 aromatic carbocycles. The second-order valence-corrected chi connectivity index (χ2v) is 9.69. The van der Waals surface area contributed by atoms with Gasteiger partial charge in [0.05, 0.1) is 11.4 Å². The van der Waals surface area contributed by atoms with Crippen molar-refractivity contribution in [2.45, 2.75) is 20.0 Å². The Balaban J connectivity index is 0.000000298. The molecule has 2 N–H and O–H groups in total. The number of anilines is 2. The summed E-state index contributed by atoms with van der Waals surface area (Å²) in [6, 6.07) is 26.0. The SMILES string of the molecule is Cc1cccc(N=C=O)c1.Cc1cccc(NC(=O)NC2N=C(c3ccccc3)c3ccsc3N(C)C2=O)c1. The molecule has 1 aromatic heterocycles. The van der Waals surface area contributed by atoms with Crippen molar-refractivity contribution in [2.24, 2.45) is 9.98 Å². The number of amides is 3. The zero-order valence-electron chi connectivity index (χ0n) is 21.7. The average Bonchev–Trinajstić information content (AvgIpc) is 3.38. The van der Waals surface area contributed by atoms with Crippen molar-refractivity contribution < 1.29 is 14.4 Å². The van der Waals surface area contributed by atoms with E-state index >= 15 is 0 Å². The Kier molecular flexibility index (Phi) is 8.78. The largest absolute Gasteiger partial charge is 0.321 e. The van der Waals surface area contributed by atoms with Gasteiger partial charge in [-0.25, -0.2) is 14.6 Å². The summed E-state index contributed by atoms with van der Waals surface area (Å²) in [7, 11) is 1.70. The van der Waals surface area contributed by atoms with E-state index in [-0.39, 0.29) is 5.91 Å². The van der Waals surface area contributed by atoms with Crippen LogP contribution in [-0.2, 0) is 9.59 Å². The fraction of sp³-hybridized carbons (Fsp3) is 0.133. The normalized spacial score (nSPS) is 14.0. The monoisotopic (exact) mass is 537 g/mol. The lowest BCUT2D eigenvalue weighted by atomic mass is 10.0. The summed E-state index contributed by atoms with van der Waals surface area (Å²) >= 11 is 1.47. The number of nitrogens with zero attached hydrogens (tertiary/aromatic N) is 3. The minimum Gasteiger partial charge on any atom is -0.308 e. The second-order valence-electron chi connectivity index (χ2n) is 8.79. The van der Waals surface area contributed by atoms with Crippen LogP contribution in [0.3, 0.4) is 0 Å². The van der Waals surface area contributed by atoms with E-state index in [0.717, 1.165) is 27.3 Å². The molecule has 9 heteroatoms. The first kappa shape index (κ1) is 27.2. The van der Waals surface area contributed by atoms with Crippen LogP contribution in [0.4, 0.5) is 21.2 Å². The number of likely N-dealkylation sites (N-methyl/N-ethyl adjacent to an activating group) is 1. The topological polar surface area (TPSA) is 103 Å². The highest BCUT2D eigenvalue weighted by atomic mass is 32.1. The van der Waals surface area contributed by atoms with Gasteiger partial charge in [-0.3, -0.25) is 4.79 Å². The van der Waals surface area contributed by atoms with E-state index in [9.17, 15) is 14.4 Å². The number of fused-ring (bicyclic) bond motifs is 1. The Hall–Kier alpha value is -4.85. The molecule has 3 amide bonds. The minimum atomic E-state index is -1.03. The number of rotatable bonds is 4. The van der Waals surface area contributed by atoms with Gasteiger partial charge in [0.25, 0.3) is 5.91 Å². The number of carbonyl (C=O) groups is 2. The number of hydrogen-bond acceptors (Lipinski definition) is 6. The fourth-order valence-corrected chi connectivity index (χ4v) is 4.84. The predicted molar refractivity (Wildman–Crippen MR) is 156 cm³/mol. The lowest BCUT2D eigenvalue weighted by Crippen LogP contribution is -2.47. The number of carbonyl (C=O) groups excluding carboxylic acids is 3. The summed E-state index contributed by atoms with van der Waals surface area (Å²) in [5.41, 5.74) is 5.89. The average molecular weight is 538 g/mol. The van der Waals surface area contributed by atoms with Gasteiger partial charge in [-0.05, 0) is 60.7 Å². The van der Waals surface area contributed by atoms with Crippen LogP contribution in [0.2, 0.25) is 0 Å². The second kappa shape index (κ2) is 12.6. The van der Waals surface area contributed by atoms with Gasteiger partial charge >= 0.3 is 6.03 Å². The van der Waals surface area contributed by atoms with Gasteiger partial charge in [0, 0.05) is 23.9 Å². The maximum atomic E-state index is 13.0. The molecule has 0 spiro atoms. The van der Waals surface area contributed by atoms with Crippen molar-refractivity contribution in [1.29, 1.82) is 0 Å². The van der Waals surface area contributed by atoms with Crippen LogP contribution < -0.4 is 15.5 Å². The molecule has 8 nitrogen and oxygen atoms in total. The van der Waals surface area contributed by atoms with Gasteiger partial charge in [0.1, 0.15) is 5.00 Å². The van der Waals surface area contributed by atoms with E-state index in [0.29, 0.717) is 17.1 Å². The molecular weight excluding hydrogens is 510 g/mol. The summed E-state index contributed by atoms with van der Waals surface area (Å²) in [5.74, 6) is -0.293. The number of nitrogens with one attached hydrogen (secondary N) is 2. The first-order valence-electron chi connectivity index (χ1n) is 12.1. The maximum Gasteiger partial charge on any atom is 0.321 e. The highest BCUT2D eigenvalue weighted by Gasteiger charge is 2.31. The zero-order chi connectivity index (χ0) is 27.8. The summed E-state index contributed by atoms with van der Waals surface area (Å²) in [6.45, 7) is 3.89. The number of hydrogen-bond donors (Lipinski definition) is 2. The van der Waals surface area contributed by atoms with E-state index in [4.69, 9.17) is 0 Å². The van der Waals surface area contributed by atoms with Crippen molar-refractivity contribution in [3.05, 3.63) is 113 Å². The van der Waals surface area contributed by atoms with Gasteiger partial charge < -0.3 is 15.5 Å². The number of aryl methyl sites for hydroxylation is 2. The summed E-state index contributed by atoms with van der Waals surface area (Å²) in [6.07, 6.45) is 0.458. The van der Waals surface area contributed by atoms with E-state index in [1.807, 2.05) is 92.0 Å². The quantitative estimate of drug-likeness (QED) is 0.247. The minimum absolute atomic E-state index is 0.293. The van der Waals surface area contributed by atoms with Crippen molar-refractivity contribution in [2.75, 3.05) is 17.3 Å². The van der Waals surface area contributed by atoms with E-state index in [1.165, 1.54) is 17.4 Å². The molecule has 0 radical (unpaired) electrons. The lowest BCUT2D eigenvalue weighted by molar-refractivity contribution is -0.119. The van der Waals surface area contributed by atoms with Crippen LogP contribution in [0, 0.1) is 13.8 Å². The highest BCUT2D eigenvalue weighted by molar-refractivity contribution is 7.14. The van der Waals surface area contributed by atoms with Gasteiger partial charge in [-0.1, -0.05) is 54.6 Å². The van der Waals surface area contributed by atoms with Crippen molar-refractivity contribution >= 4 is 51.4 Å². The lowest BCUT2D eigenvalue weighted by Gasteiger charge is -2.19. The Bertz CT molecular complexity index is 1560. The van der Waals surface area contributed by atoms with E-state index in [2.05, 4.69) is 20.6 Å². The Morgan fingerprint density at radius 2 is 1.69 bits per heavy atom. The van der Waals surface area contributed by atoms with Crippen LogP contribution in [0.1, 0.15) is 22.3 Å². The summed E-state index contributed by atoms with van der Waals surface area (Å²) in [5, 5.41) is 8.22. The standard InChI is InChI=1S/C22H20N4O2S.C8H7NO/c1-14-7-6-10-16(13-14)23-22(28)25-19-20(27)26(2)21-17(11-12-29-21)18(24-19)15-8-4-3-5-9-15;1-7-3-2-4-8(5-7)9-6-10/h3-13,19H,1-2H3,(H2,23,25,28);2-5H,1H3. The molecule has 39 heavy (non-hydrogen) atoms. The molecule has 0 saturated heterocycles. The third kappa shape index (κ3) is 6.93. The molecule has 4 aromatic rings. The fourth-order valence-electron chi connectivity index (χ4n) is 3.96. The van der Waals surface area contributed by atoms with E-state index in [1.54, 1.807) is 24.1 Å². The molecule has 196 valence electrons. The van der Waals surface area contributed by atoms with Crippen LogP contribution in [-0.4, -0.2) is 36.9 Å². The molecule has 1 atom stereocenters. The first-order chi connectivity index (χ1) is 18.9. The van der Waals surface area contributed by atoms with Crippen LogP contribution in [0.25, 0.3) is 0 Å². The predicted octanol–water partition coefficient (Wildman–Crippen LogP) is 5.98. The molecule has 0 fully saturated rings. The Morgan fingerprint density at radius 3 is 2.38 bits per heavy atom. The molecule has 0 bridgehead atoms. The summed E-state index contributed by atoms with van der Waals surface area (Å²) in [4.78, 5) is 45.0. The smallest absolute Gasteiger partial charge is 0.308 e. The third-order valence-corrected chi connectivity index (χ3v) is 6.78. The van der Waals surface area contributed by atoms with Gasteiger partial charge in [0.2, 0.25) is 12.2 Å². The maximum absolute atomic E-state index is 13.0. The number of benzene rings is 3. The molecular formula is C30H27N5O3S. The Labute approximate surface area is 230 Å². The van der Waals surface area contributed by atoms with Crippen molar-refractivity contribution in [3.63, 3.8) is 0 Å². The number of isocyanates is 1. The Morgan fingerprint density at radius 1 is 0.974 bits per heavy atom. The van der Waals surface area contributed by atoms with Crippen molar-refractivity contribution in [1.82, 2.24) is 5.32 Å². The number of aliphatic imine (C=N–C) groups is 2. The van der Waals surface area contributed by atoms with Crippen LogP contribution >= 0.6 is 11.3 Å². The molecule has 1 aliphatic heterocycles. The van der Waals surface area contributed by atoms with E-state index < -0.39 is 12.2 Å². The zero-order valence-corrected chi connectivity index (χ0v) is 22.5. The third-order valence-electron chi connectivity index (χ3n) is 5.79. The first-order valence-corrected chi connectivity index (χ1v) is 13.0. The van der Waals surface area contributed by atoms with Crippen molar-refractivity contribution in [3.8, 4) is 0 Å². The molecule has 2 heterocycles.